The maximum atomic E-state index is 14.0. The maximum absolute atomic E-state index is 14.0. The minimum Gasteiger partial charge on any atom is -0.494 e. The Morgan fingerprint density at radius 1 is 0.881 bits per heavy atom. The first-order chi connectivity index (χ1) is 19.6. The van der Waals surface area contributed by atoms with E-state index in [1.54, 1.807) is 0 Å². The van der Waals surface area contributed by atoms with Gasteiger partial charge in [-0.3, -0.25) is 14.6 Å². The molecule has 0 radical (unpaired) electrons. The molecule has 0 spiro atoms. The first kappa shape index (κ1) is 32.0. The van der Waals surface area contributed by atoms with E-state index in [0.29, 0.717) is 37.3 Å². The summed E-state index contributed by atoms with van der Waals surface area (Å²) in [4.78, 5) is 19.3. The second-order valence-corrected chi connectivity index (χ2v) is 10.9. The van der Waals surface area contributed by atoms with E-state index in [0.717, 1.165) is 19.6 Å². The van der Waals surface area contributed by atoms with Crippen molar-refractivity contribution in [3.63, 3.8) is 0 Å². The van der Waals surface area contributed by atoms with E-state index < -0.39 is 46.8 Å². The van der Waals surface area contributed by atoms with E-state index in [-0.39, 0.29) is 37.0 Å². The number of hydrogen-bond donors (Lipinski definition) is 0. The van der Waals surface area contributed by atoms with Crippen LogP contribution in [0.15, 0.2) is 36.4 Å². The number of nitrogens with zero attached hydrogens (tertiary/aromatic N) is 3. The predicted octanol–water partition coefficient (Wildman–Crippen LogP) is 5.35. The molecule has 3 atom stereocenters. The predicted molar refractivity (Wildman–Crippen MR) is 141 cm³/mol. The van der Waals surface area contributed by atoms with Crippen molar-refractivity contribution in [2.75, 3.05) is 52.9 Å². The van der Waals surface area contributed by atoms with Crippen LogP contribution < -0.4 is 4.74 Å². The van der Waals surface area contributed by atoms with Gasteiger partial charge in [0.05, 0.1) is 30.4 Å². The van der Waals surface area contributed by atoms with Crippen LogP contribution in [0.1, 0.15) is 40.9 Å². The lowest BCUT2D eigenvalue weighted by atomic mass is 9.98. The summed E-state index contributed by atoms with van der Waals surface area (Å²) in [5, 5.41) is 0. The molecule has 2 heterocycles. The van der Waals surface area contributed by atoms with Crippen LogP contribution in [-0.4, -0.2) is 91.8 Å². The number of amides is 1. The highest BCUT2D eigenvalue weighted by Gasteiger charge is 2.39. The largest absolute Gasteiger partial charge is 0.494 e. The minimum absolute atomic E-state index is 0.00431. The molecule has 0 N–H and O–H groups in total. The quantitative estimate of drug-likeness (QED) is 0.399. The molecule has 2 fully saturated rings. The molecule has 2 aliphatic rings. The number of carbonyl (C=O) groups excluding carboxylic acids is 1. The molecule has 42 heavy (non-hydrogen) atoms. The molecule has 0 saturated carbocycles. The molecule has 0 aliphatic carbocycles. The van der Waals surface area contributed by atoms with Crippen LogP contribution in [-0.2, 0) is 23.5 Å². The van der Waals surface area contributed by atoms with E-state index >= 15 is 0 Å². The first-order valence-corrected chi connectivity index (χ1v) is 13.7. The van der Waals surface area contributed by atoms with E-state index in [1.807, 2.05) is 13.8 Å². The fourth-order valence-corrected chi connectivity index (χ4v) is 5.66. The average molecular weight is 606 g/mol. The number of ether oxygens (including phenoxy) is 2. The van der Waals surface area contributed by atoms with Gasteiger partial charge in [-0.05, 0) is 56.2 Å². The third kappa shape index (κ3) is 7.93. The first-order valence-electron chi connectivity index (χ1n) is 13.7. The van der Waals surface area contributed by atoms with Crippen molar-refractivity contribution >= 4 is 5.91 Å². The number of carbonyl (C=O) groups is 1. The number of piperazine rings is 1. The van der Waals surface area contributed by atoms with Gasteiger partial charge in [0, 0.05) is 57.4 Å². The standard InChI is InChI=1S/C29H34F7N3O3/c1-18-15-38(16-19(2)42-18)7-6-37-8-9-39(24(17-37)10-20-4-5-25(30)26(11-20)41-3)27(40)21-12-22(28(31,32)33)14-23(13-21)29(34,35)36/h4-5,11-14,18-19,24H,6-10,15-17H2,1-3H3/t18-,19+,24-/m1/s1. The fourth-order valence-electron chi connectivity index (χ4n) is 5.66. The van der Waals surface area contributed by atoms with Crippen molar-refractivity contribution < 1.29 is 45.0 Å². The SMILES string of the molecule is COc1cc(C[C@@H]2CN(CCN3C[C@@H](C)O[C@@H](C)C3)CCN2C(=O)c2cc(C(F)(F)F)cc(C(F)(F)F)c2)ccc1F. The van der Waals surface area contributed by atoms with Gasteiger partial charge in [-0.2, -0.15) is 26.3 Å². The summed E-state index contributed by atoms with van der Waals surface area (Å²) in [6, 6.07) is 4.52. The molecular weight excluding hydrogens is 571 g/mol. The highest BCUT2D eigenvalue weighted by molar-refractivity contribution is 5.95. The van der Waals surface area contributed by atoms with Gasteiger partial charge >= 0.3 is 12.4 Å². The molecule has 0 unspecified atom stereocenters. The van der Waals surface area contributed by atoms with E-state index in [4.69, 9.17) is 9.47 Å². The summed E-state index contributed by atoms with van der Waals surface area (Å²) in [5.74, 6) is -1.53. The number of rotatable bonds is 7. The van der Waals surface area contributed by atoms with Crippen molar-refractivity contribution in [3.05, 3.63) is 64.5 Å². The highest BCUT2D eigenvalue weighted by atomic mass is 19.4. The van der Waals surface area contributed by atoms with Gasteiger partial charge in [0.25, 0.3) is 5.91 Å². The van der Waals surface area contributed by atoms with Gasteiger partial charge in [-0.15, -0.1) is 0 Å². The van der Waals surface area contributed by atoms with Gasteiger partial charge in [0.2, 0.25) is 0 Å². The third-order valence-corrected chi connectivity index (χ3v) is 7.58. The monoisotopic (exact) mass is 605 g/mol. The van der Waals surface area contributed by atoms with Crippen molar-refractivity contribution in [2.24, 2.45) is 0 Å². The molecule has 1 amide bonds. The number of morpholine rings is 1. The molecule has 4 rings (SSSR count). The lowest BCUT2D eigenvalue weighted by Crippen LogP contribution is -2.57. The second kappa shape index (κ2) is 12.8. The number of methoxy groups -OCH3 is 1. The van der Waals surface area contributed by atoms with E-state index in [9.17, 15) is 35.5 Å². The molecule has 2 aromatic rings. The third-order valence-electron chi connectivity index (χ3n) is 7.58. The summed E-state index contributed by atoms with van der Waals surface area (Å²) >= 11 is 0. The summed E-state index contributed by atoms with van der Waals surface area (Å²) in [6.45, 7) is 7.70. The topological polar surface area (TPSA) is 45.2 Å². The zero-order valence-corrected chi connectivity index (χ0v) is 23.6. The van der Waals surface area contributed by atoms with Crippen molar-refractivity contribution in [2.45, 2.75) is 50.9 Å². The summed E-state index contributed by atoms with van der Waals surface area (Å²) < 4.78 is 106. The molecule has 232 valence electrons. The Balaban J connectivity index is 1.60. The molecule has 13 heteroatoms. The van der Waals surface area contributed by atoms with Gasteiger partial charge in [-0.25, -0.2) is 4.39 Å². The van der Waals surface area contributed by atoms with Crippen LogP contribution in [0.25, 0.3) is 0 Å². The molecule has 0 bridgehead atoms. The Morgan fingerprint density at radius 2 is 1.48 bits per heavy atom. The lowest BCUT2D eigenvalue weighted by molar-refractivity contribution is -0.143. The van der Waals surface area contributed by atoms with Crippen LogP contribution in [0, 0.1) is 5.82 Å². The Bertz CT molecular complexity index is 1210. The zero-order chi connectivity index (χ0) is 30.8. The van der Waals surface area contributed by atoms with Crippen molar-refractivity contribution in [1.29, 1.82) is 0 Å². The molecule has 6 nitrogen and oxygen atoms in total. The van der Waals surface area contributed by atoms with Crippen LogP contribution in [0.3, 0.4) is 0 Å². The normalized spacial score (nSPS) is 22.8. The van der Waals surface area contributed by atoms with E-state index in [1.165, 1.54) is 30.2 Å². The molecule has 0 aromatic heterocycles. The molecule has 2 aliphatic heterocycles. The van der Waals surface area contributed by atoms with Gasteiger partial charge in [0.15, 0.2) is 11.6 Å². The van der Waals surface area contributed by atoms with Crippen molar-refractivity contribution in [1.82, 2.24) is 14.7 Å². The van der Waals surface area contributed by atoms with Gasteiger partial charge in [-0.1, -0.05) is 6.07 Å². The van der Waals surface area contributed by atoms with Gasteiger partial charge < -0.3 is 14.4 Å². The smallest absolute Gasteiger partial charge is 0.416 e. The zero-order valence-electron chi connectivity index (χ0n) is 23.6. The minimum atomic E-state index is -5.08. The number of hydrogen-bond acceptors (Lipinski definition) is 5. The average Bonchev–Trinajstić information content (AvgIpc) is 2.91. The highest BCUT2D eigenvalue weighted by Crippen LogP contribution is 2.37. The summed E-state index contributed by atoms with van der Waals surface area (Å²) in [5.41, 5.74) is -3.18. The maximum Gasteiger partial charge on any atom is 0.416 e. The summed E-state index contributed by atoms with van der Waals surface area (Å²) in [7, 11) is 1.31. The van der Waals surface area contributed by atoms with Crippen LogP contribution in [0.5, 0.6) is 5.75 Å². The Hall–Kier alpha value is -2.90. The summed E-state index contributed by atoms with van der Waals surface area (Å²) in [6.07, 6.45) is -9.80. The Kier molecular flexibility index (Phi) is 9.73. The Morgan fingerprint density at radius 3 is 2.05 bits per heavy atom. The van der Waals surface area contributed by atoms with Crippen LogP contribution in [0.2, 0.25) is 0 Å². The Labute approximate surface area is 240 Å². The van der Waals surface area contributed by atoms with E-state index in [2.05, 4.69) is 9.80 Å². The molecular formula is C29H34F7N3O3. The number of benzene rings is 2. The fraction of sp³-hybridized carbons (Fsp3) is 0.552. The molecule has 2 aromatic carbocycles. The van der Waals surface area contributed by atoms with Crippen molar-refractivity contribution in [3.8, 4) is 5.75 Å². The number of halogens is 7. The molecule has 2 saturated heterocycles. The van der Waals surface area contributed by atoms with Crippen LogP contribution >= 0.6 is 0 Å². The number of alkyl halides is 6. The lowest BCUT2D eigenvalue weighted by Gasteiger charge is -2.43. The second-order valence-electron chi connectivity index (χ2n) is 10.9. The van der Waals surface area contributed by atoms with Gasteiger partial charge in [0.1, 0.15) is 0 Å². The van der Waals surface area contributed by atoms with Crippen LogP contribution in [0.4, 0.5) is 30.7 Å².